The summed E-state index contributed by atoms with van der Waals surface area (Å²) in [6.45, 7) is 2.42. The molecular weight excluding hydrogens is 198 g/mol. The molecule has 0 spiro atoms. The minimum atomic E-state index is 0.0610. The summed E-state index contributed by atoms with van der Waals surface area (Å²) in [5.74, 6) is 1.30. The molecule has 1 unspecified atom stereocenters. The van der Waals surface area contributed by atoms with E-state index in [1.165, 1.54) is 11.8 Å². The maximum atomic E-state index is 11.4. The Kier molecular flexibility index (Phi) is 7.25. The lowest BCUT2D eigenvalue weighted by Gasteiger charge is -2.15. The molecular formula is C9H17N3OS. The van der Waals surface area contributed by atoms with Crippen LogP contribution in [0.4, 0.5) is 0 Å². The van der Waals surface area contributed by atoms with Crippen molar-refractivity contribution in [3.05, 3.63) is 0 Å². The second kappa shape index (κ2) is 7.65. The third kappa shape index (κ3) is 6.75. The van der Waals surface area contributed by atoms with Crippen LogP contribution in [-0.4, -0.2) is 41.9 Å². The highest BCUT2D eigenvalue weighted by Crippen LogP contribution is 2.03. The molecule has 0 aromatic carbocycles. The summed E-state index contributed by atoms with van der Waals surface area (Å²) in [4.78, 5) is 13.0. The van der Waals surface area contributed by atoms with Gasteiger partial charge in [0.15, 0.2) is 0 Å². The van der Waals surface area contributed by atoms with E-state index in [1.54, 1.807) is 11.9 Å². The lowest BCUT2D eigenvalue weighted by atomic mass is 10.4. The van der Waals surface area contributed by atoms with Gasteiger partial charge in [0.05, 0.1) is 18.2 Å². The van der Waals surface area contributed by atoms with Gasteiger partial charge in [-0.2, -0.15) is 17.0 Å². The standard InChI is InChI=1S/C9H17N3OS/c1-8(11)6-14-7-9(13)12(2)5-3-4-10/h8H,3,5-7,11H2,1-2H3. The molecule has 0 rings (SSSR count). The van der Waals surface area contributed by atoms with Gasteiger partial charge in [-0.05, 0) is 6.92 Å². The highest BCUT2D eigenvalue weighted by molar-refractivity contribution is 7.99. The largest absolute Gasteiger partial charge is 0.344 e. The van der Waals surface area contributed by atoms with Crippen LogP contribution in [0.2, 0.25) is 0 Å². The van der Waals surface area contributed by atoms with Crippen molar-refractivity contribution in [2.45, 2.75) is 19.4 Å². The van der Waals surface area contributed by atoms with Gasteiger partial charge in [0.2, 0.25) is 5.91 Å². The van der Waals surface area contributed by atoms with E-state index in [2.05, 4.69) is 0 Å². The van der Waals surface area contributed by atoms with Crippen molar-refractivity contribution in [3.8, 4) is 6.07 Å². The number of nitrogens with zero attached hydrogens (tertiary/aromatic N) is 2. The molecule has 0 fully saturated rings. The van der Waals surface area contributed by atoms with Crippen molar-refractivity contribution >= 4 is 17.7 Å². The quantitative estimate of drug-likeness (QED) is 0.698. The molecule has 2 N–H and O–H groups in total. The van der Waals surface area contributed by atoms with E-state index in [0.29, 0.717) is 18.7 Å². The normalized spacial score (nSPS) is 11.9. The number of rotatable bonds is 6. The predicted molar refractivity (Wildman–Crippen MR) is 58.8 cm³/mol. The third-order valence-corrected chi connectivity index (χ3v) is 2.80. The highest BCUT2D eigenvalue weighted by Gasteiger charge is 2.08. The Bertz CT molecular complexity index is 213. The number of carbonyl (C=O) groups is 1. The van der Waals surface area contributed by atoms with Crippen molar-refractivity contribution in [1.29, 1.82) is 5.26 Å². The molecule has 0 saturated carbocycles. The Morgan fingerprint density at radius 2 is 2.36 bits per heavy atom. The SMILES string of the molecule is CC(N)CSCC(=O)N(C)CCC#N. The van der Waals surface area contributed by atoms with Gasteiger partial charge in [0, 0.05) is 25.4 Å². The van der Waals surface area contributed by atoms with Gasteiger partial charge in [0.1, 0.15) is 0 Å². The Morgan fingerprint density at radius 3 is 2.86 bits per heavy atom. The van der Waals surface area contributed by atoms with Gasteiger partial charge in [-0.3, -0.25) is 4.79 Å². The van der Waals surface area contributed by atoms with Gasteiger partial charge in [-0.1, -0.05) is 0 Å². The van der Waals surface area contributed by atoms with Crippen LogP contribution < -0.4 is 5.73 Å². The maximum Gasteiger partial charge on any atom is 0.232 e. The van der Waals surface area contributed by atoms with Gasteiger partial charge in [-0.15, -0.1) is 0 Å². The van der Waals surface area contributed by atoms with Crippen molar-refractivity contribution in [2.24, 2.45) is 5.73 Å². The zero-order valence-corrected chi connectivity index (χ0v) is 9.51. The van der Waals surface area contributed by atoms with E-state index in [-0.39, 0.29) is 11.9 Å². The molecule has 0 heterocycles. The number of nitrogens with two attached hydrogens (primary N) is 1. The second-order valence-electron chi connectivity index (χ2n) is 3.22. The summed E-state index contributed by atoms with van der Waals surface area (Å²) in [7, 11) is 1.71. The average Bonchev–Trinajstić information content (AvgIpc) is 2.13. The number of amides is 1. The monoisotopic (exact) mass is 215 g/mol. The topological polar surface area (TPSA) is 70.1 Å². The zero-order valence-electron chi connectivity index (χ0n) is 8.69. The summed E-state index contributed by atoms with van der Waals surface area (Å²) in [5.41, 5.74) is 5.55. The molecule has 0 aliphatic rings. The molecule has 0 aliphatic heterocycles. The maximum absolute atomic E-state index is 11.4. The lowest BCUT2D eigenvalue weighted by Crippen LogP contribution is -2.30. The molecule has 4 nitrogen and oxygen atoms in total. The Balaban J connectivity index is 3.58. The van der Waals surface area contributed by atoms with Gasteiger partial charge >= 0.3 is 0 Å². The van der Waals surface area contributed by atoms with Crippen molar-refractivity contribution in [1.82, 2.24) is 4.90 Å². The number of carbonyl (C=O) groups excluding carboxylic acids is 1. The average molecular weight is 215 g/mol. The zero-order chi connectivity index (χ0) is 11.0. The first-order valence-electron chi connectivity index (χ1n) is 4.52. The second-order valence-corrected chi connectivity index (χ2v) is 4.25. The van der Waals surface area contributed by atoms with Crippen LogP contribution in [0.25, 0.3) is 0 Å². The fourth-order valence-electron chi connectivity index (χ4n) is 0.785. The van der Waals surface area contributed by atoms with E-state index >= 15 is 0 Å². The fourth-order valence-corrected chi connectivity index (χ4v) is 1.67. The van der Waals surface area contributed by atoms with Gasteiger partial charge in [0.25, 0.3) is 0 Å². The van der Waals surface area contributed by atoms with Crippen molar-refractivity contribution < 1.29 is 4.79 Å². The highest BCUT2D eigenvalue weighted by atomic mass is 32.2. The van der Waals surface area contributed by atoms with Crippen LogP contribution in [0, 0.1) is 11.3 Å². The molecule has 14 heavy (non-hydrogen) atoms. The molecule has 1 amide bonds. The van der Waals surface area contributed by atoms with Gasteiger partial charge in [-0.25, -0.2) is 0 Å². The van der Waals surface area contributed by atoms with E-state index in [4.69, 9.17) is 11.0 Å². The Morgan fingerprint density at radius 1 is 1.71 bits per heavy atom. The van der Waals surface area contributed by atoms with Crippen LogP contribution >= 0.6 is 11.8 Å². The van der Waals surface area contributed by atoms with Crippen LogP contribution in [0.3, 0.4) is 0 Å². The fraction of sp³-hybridized carbons (Fsp3) is 0.778. The molecule has 1 atom stereocenters. The Labute approximate surface area is 89.4 Å². The van der Waals surface area contributed by atoms with Crippen LogP contribution in [0.15, 0.2) is 0 Å². The van der Waals surface area contributed by atoms with Crippen LogP contribution in [0.1, 0.15) is 13.3 Å². The smallest absolute Gasteiger partial charge is 0.232 e. The first-order chi connectivity index (χ1) is 6.57. The van der Waals surface area contributed by atoms with Crippen LogP contribution in [0.5, 0.6) is 0 Å². The van der Waals surface area contributed by atoms with E-state index in [0.717, 1.165) is 5.75 Å². The van der Waals surface area contributed by atoms with Crippen LogP contribution in [-0.2, 0) is 4.79 Å². The number of hydrogen-bond acceptors (Lipinski definition) is 4. The minimum absolute atomic E-state index is 0.0610. The first kappa shape index (κ1) is 13.3. The van der Waals surface area contributed by atoms with Gasteiger partial charge < -0.3 is 10.6 Å². The molecule has 0 aromatic rings. The number of nitriles is 1. The molecule has 0 saturated heterocycles. The summed E-state index contributed by atoms with van der Waals surface area (Å²) in [6, 6.07) is 2.13. The first-order valence-corrected chi connectivity index (χ1v) is 5.67. The molecule has 80 valence electrons. The molecule has 0 bridgehead atoms. The summed E-state index contributed by atoms with van der Waals surface area (Å²) >= 11 is 1.53. The lowest BCUT2D eigenvalue weighted by molar-refractivity contribution is -0.127. The molecule has 0 radical (unpaired) electrons. The van der Waals surface area contributed by atoms with E-state index in [9.17, 15) is 4.79 Å². The summed E-state index contributed by atoms with van der Waals surface area (Å²) < 4.78 is 0. The summed E-state index contributed by atoms with van der Waals surface area (Å²) in [6.07, 6.45) is 0.389. The van der Waals surface area contributed by atoms with Crippen molar-refractivity contribution in [2.75, 3.05) is 25.1 Å². The number of hydrogen-bond donors (Lipinski definition) is 1. The minimum Gasteiger partial charge on any atom is -0.344 e. The van der Waals surface area contributed by atoms with E-state index < -0.39 is 0 Å². The molecule has 0 aromatic heterocycles. The molecule has 5 heteroatoms. The van der Waals surface area contributed by atoms with Crippen molar-refractivity contribution in [3.63, 3.8) is 0 Å². The van der Waals surface area contributed by atoms with E-state index in [1.807, 2.05) is 13.0 Å². The Hall–Kier alpha value is -0.730. The predicted octanol–water partition coefficient (Wildman–Crippen LogP) is 0.439. The summed E-state index contributed by atoms with van der Waals surface area (Å²) in [5, 5.41) is 8.34. The molecule has 0 aliphatic carbocycles. The number of thioether (sulfide) groups is 1. The third-order valence-electron chi connectivity index (χ3n) is 1.59.